The van der Waals surface area contributed by atoms with Crippen LogP contribution in [0.3, 0.4) is 0 Å². The molecule has 1 aliphatic carbocycles. The first-order chi connectivity index (χ1) is 20.7. The Hall–Kier alpha value is -5.41. The summed E-state index contributed by atoms with van der Waals surface area (Å²) >= 11 is 0. The molecule has 44 heavy (non-hydrogen) atoms. The molecular weight excluding hydrogens is 594 g/mol. The van der Waals surface area contributed by atoms with Gasteiger partial charge in [0, 0.05) is 46.9 Å². The molecule has 0 saturated heterocycles. The summed E-state index contributed by atoms with van der Waals surface area (Å²) in [7, 11) is 2.92. The summed E-state index contributed by atoms with van der Waals surface area (Å²) in [5.74, 6) is -3.87. The molecule has 0 radical (unpaired) electrons. The molecule has 0 bridgehead atoms. The van der Waals surface area contributed by atoms with Crippen LogP contribution in [0, 0.1) is 5.82 Å². The van der Waals surface area contributed by atoms with Crippen LogP contribution >= 0.6 is 0 Å². The minimum atomic E-state index is -5.08. The number of carboxylic acids is 2. The molecule has 0 aliphatic heterocycles. The Morgan fingerprint density at radius 2 is 1.73 bits per heavy atom. The third-order valence-corrected chi connectivity index (χ3v) is 6.67. The number of aromatic carboxylic acids is 1. The molecule has 0 spiro atoms. The molecule has 16 heteroatoms. The Kier molecular flexibility index (Phi) is 8.64. The lowest BCUT2D eigenvalue weighted by Crippen LogP contribution is -2.21. The van der Waals surface area contributed by atoms with Crippen molar-refractivity contribution < 1.29 is 46.8 Å². The summed E-state index contributed by atoms with van der Waals surface area (Å²) in [5, 5.41) is 16.6. The minimum Gasteiger partial charge on any atom is -0.493 e. The largest absolute Gasteiger partial charge is 0.493 e. The normalized spacial score (nSPS) is 12.8. The quantitative estimate of drug-likeness (QED) is 0.218. The summed E-state index contributed by atoms with van der Waals surface area (Å²) in [6, 6.07) is 6.17. The average Bonchev–Trinajstić information content (AvgIpc) is 3.79. The van der Waals surface area contributed by atoms with Crippen LogP contribution < -0.4 is 26.4 Å². The van der Waals surface area contributed by atoms with Gasteiger partial charge in [0.15, 0.2) is 11.5 Å². The van der Waals surface area contributed by atoms with Crippen LogP contribution in [0.4, 0.5) is 29.3 Å². The van der Waals surface area contributed by atoms with E-state index in [1.165, 1.54) is 26.6 Å². The molecule has 1 fully saturated rings. The van der Waals surface area contributed by atoms with Crippen molar-refractivity contribution in [2.45, 2.75) is 31.5 Å². The number of nitrogen functional groups attached to an aromatic ring is 2. The molecule has 2 aromatic carbocycles. The van der Waals surface area contributed by atoms with Gasteiger partial charge in [0.2, 0.25) is 11.4 Å². The van der Waals surface area contributed by atoms with E-state index in [4.69, 9.17) is 30.8 Å². The maximum atomic E-state index is 15.6. The van der Waals surface area contributed by atoms with E-state index < -0.39 is 34.9 Å². The third kappa shape index (κ3) is 6.48. The fourth-order valence-electron chi connectivity index (χ4n) is 4.50. The van der Waals surface area contributed by atoms with Crippen LogP contribution in [0.1, 0.15) is 40.4 Å². The van der Waals surface area contributed by atoms with Gasteiger partial charge in [0.1, 0.15) is 17.2 Å². The molecular formula is C28H25F4N5O7. The van der Waals surface area contributed by atoms with E-state index in [1.807, 2.05) is 0 Å². The van der Waals surface area contributed by atoms with Crippen molar-refractivity contribution in [2.75, 3.05) is 25.7 Å². The Bertz CT molecular complexity index is 1840. The standard InChI is InChI=1S/C26H24FN5O5.C2HF3O2/c1-36-21-7-12(5-13-10-30-26(29)31-24(13)28)6-16(23(21)37-2)15-9-20-17(8-19(15)27)22(33)18(25(34)35)11-32(20)14-3-4-14;3-2(4,5)1(6)7/h6-11,14H,3-5H2,1-2H3,(H,34,35)(H4,28,29,30,31);(H,6,7). The van der Waals surface area contributed by atoms with Crippen LogP contribution in [0.2, 0.25) is 0 Å². The lowest BCUT2D eigenvalue weighted by Gasteiger charge is -2.18. The Morgan fingerprint density at radius 3 is 2.25 bits per heavy atom. The number of pyridine rings is 1. The molecule has 5 rings (SSSR count). The SMILES string of the molecule is COc1cc(Cc2cnc(N)nc2N)cc(-c2cc3c(cc2F)c(=O)c(C(=O)O)cn3C2CC2)c1OC.O=C(O)C(F)(F)F. The molecule has 4 aromatic rings. The molecule has 0 unspecified atom stereocenters. The Balaban J connectivity index is 0.000000566. The maximum Gasteiger partial charge on any atom is 0.490 e. The zero-order valence-electron chi connectivity index (χ0n) is 23.1. The van der Waals surface area contributed by atoms with E-state index in [0.717, 1.165) is 18.9 Å². The molecule has 12 nitrogen and oxygen atoms in total. The number of nitrogens with zero attached hydrogens (tertiary/aromatic N) is 3. The van der Waals surface area contributed by atoms with Crippen molar-refractivity contribution in [3.63, 3.8) is 0 Å². The van der Waals surface area contributed by atoms with E-state index in [2.05, 4.69) is 9.97 Å². The number of fused-ring (bicyclic) bond motifs is 1. The van der Waals surface area contributed by atoms with Crippen LogP contribution in [-0.2, 0) is 11.2 Å². The van der Waals surface area contributed by atoms with Gasteiger partial charge in [-0.15, -0.1) is 0 Å². The zero-order valence-corrected chi connectivity index (χ0v) is 23.1. The monoisotopic (exact) mass is 619 g/mol. The van der Waals surface area contributed by atoms with Crippen molar-refractivity contribution in [1.82, 2.24) is 14.5 Å². The molecule has 6 N–H and O–H groups in total. The van der Waals surface area contributed by atoms with Gasteiger partial charge >= 0.3 is 18.1 Å². The number of hydrogen-bond donors (Lipinski definition) is 4. The van der Waals surface area contributed by atoms with E-state index in [-0.39, 0.29) is 28.8 Å². The fraction of sp³-hybridized carbons (Fsp3) is 0.250. The highest BCUT2D eigenvalue weighted by molar-refractivity contribution is 5.94. The summed E-state index contributed by atoms with van der Waals surface area (Å²) in [6.45, 7) is 0. The predicted molar refractivity (Wildman–Crippen MR) is 149 cm³/mol. The van der Waals surface area contributed by atoms with Gasteiger partial charge in [0.25, 0.3) is 0 Å². The van der Waals surface area contributed by atoms with Gasteiger partial charge in [-0.3, -0.25) is 4.79 Å². The minimum absolute atomic E-state index is 0.00179. The molecule has 232 valence electrons. The number of anilines is 2. The topological polar surface area (TPSA) is 193 Å². The number of benzene rings is 2. The number of rotatable bonds is 7. The van der Waals surface area contributed by atoms with Gasteiger partial charge in [-0.2, -0.15) is 18.2 Å². The highest BCUT2D eigenvalue weighted by Gasteiger charge is 2.38. The number of aliphatic carboxylic acids is 1. The maximum absolute atomic E-state index is 15.6. The van der Waals surface area contributed by atoms with Gasteiger partial charge in [-0.1, -0.05) is 0 Å². The fourth-order valence-corrected chi connectivity index (χ4v) is 4.50. The summed E-state index contributed by atoms with van der Waals surface area (Å²) in [6.07, 6.45) is -0.240. The Labute approximate surface area is 245 Å². The van der Waals surface area contributed by atoms with E-state index in [0.29, 0.717) is 40.1 Å². The molecule has 2 aromatic heterocycles. The van der Waals surface area contributed by atoms with Crippen LogP contribution in [0.5, 0.6) is 11.5 Å². The summed E-state index contributed by atoms with van der Waals surface area (Å²) < 4.78 is 60.2. The smallest absolute Gasteiger partial charge is 0.490 e. The van der Waals surface area contributed by atoms with Crippen molar-refractivity contribution >= 4 is 34.6 Å². The van der Waals surface area contributed by atoms with Gasteiger partial charge < -0.3 is 35.7 Å². The lowest BCUT2D eigenvalue weighted by molar-refractivity contribution is -0.192. The average molecular weight is 620 g/mol. The first-order valence-electron chi connectivity index (χ1n) is 12.7. The van der Waals surface area contributed by atoms with Crippen LogP contribution in [-0.4, -0.2) is 57.1 Å². The second-order valence-corrected chi connectivity index (χ2v) is 9.66. The molecule has 0 atom stereocenters. The van der Waals surface area contributed by atoms with Crippen LogP contribution in [0.15, 0.2) is 41.5 Å². The van der Waals surface area contributed by atoms with Gasteiger partial charge in [-0.25, -0.2) is 19.0 Å². The Morgan fingerprint density at radius 1 is 1.07 bits per heavy atom. The highest BCUT2D eigenvalue weighted by atomic mass is 19.4. The molecule has 1 aliphatic rings. The van der Waals surface area contributed by atoms with Crippen molar-refractivity contribution in [2.24, 2.45) is 0 Å². The first-order valence-corrected chi connectivity index (χ1v) is 12.7. The van der Waals surface area contributed by atoms with Crippen molar-refractivity contribution in [3.8, 4) is 22.6 Å². The number of carboxylic acid groups (broad SMARTS) is 2. The number of hydrogen-bond acceptors (Lipinski definition) is 9. The summed E-state index contributed by atoms with van der Waals surface area (Å²) in [4.78, 5) is 41.4. The number of methoxy groups -OCH3 is 2. The van der Waals surface area contributed by atoms with E-state index in [9.17, 15) is 27.9 Å². The number of carbonyl (C=O) groups is 2. The number of aromatic nitrogens is 3. The number of ether oxygens (including phenoxy) is 2. The van der Waals surface area contributed by atoms with Gasteiger partial charge in [0.05, 0.1) is 19.7 Å². The number of nitrogens with two attached hydrogens (primary N) is 2. The van der Waals surface area contributed by atoms with E-state index in [1.54, 1.807) is 22.8 Å². The predicted octanol–water partition coefficient (Wildman–Crippen LogP) is 4.04. The first kappa shape index (κ1) is 31.5. The molecule has 1 saturated carbocycles. The molecule has 0 amide bonds. The lowest BCUT2D eigenvalue weighted by atomic mass is 9.96. The second-order valence-electron chi connectivity index (χ2n) is 9.66. The van der Waals surface area contributed by atoms with Crippen molar-refractivity contribution in [3.05, 3.63) is 69.4 Å². The highest BCUT2D eigenvalue weighted by Crippen LogP contribution is 2.43. The van der Waals surface area contributed by atoms with Crippen molar-refractivity contribution in [1.29, 1.82) is 0 Å². The van der Waals surface area contributed by atoms with E-state index >= 15 is 4.39 Å². The molecule has 2 heterocycles. The van der Waals surface area contributed by atoms with Gasteiger partial charge in [-0.05, 0) is 42.7 Å². The zero-order chi connectivity index (χ0) is 32.5. The van der Waals surface area contributed by atoms with Crippen LogP contribution in [0.25, 0.3) is 22.0 Å². The summed E-state index contributed by atoms with van der Waals surface area (Å²) in [5.41, 5.74) is 12.8. The number of alkyl halides is 3. The number of halogens is 4. The second kappa shape index (κ2) is 12.1. The third-order valence-electron chi connectivity index (χ3n) is 6.67.